The number of para-hydroxylation sites is 7. The van der Waals surface area contributed by atoms with Crippen molar-refractivity contribution in [2.45, 2.75) is 105 Å². The normalized spacial score (nSPS) is 12.0. The number of aryl methyl sites for hydroxylation is 4. The van der Waals surface area contributed by atoms with Crippen LogP contribution in [0.3, 0.4) is 0 Å². The van der Waals surface area contributed by atoms with Crippen molar-refractivity contribution < 1.29 is 0 Å². The van der Waals surface area contributed by atoms with Crippen LogP contribution < -0.4 is 0 Å². The summed E-state index contributed by atoms with van der Waals surface area (Å²) in [5, 5.41) is 9.67. The first-order chi connectivity index (χ1) is 48.4. The molecule has 0 amide bonds. The predicted molar refractivity (Wildman–Crippen MR) is 413 cm³/mol. The van der Waals surface area contributed by atoms with Crippen molar-refractivity contribution in [3.8, 4) is 68.0 Å². The topological polar surface area (TPSA) is 58.4 Å². The highest BCUT2D eigenvalue weighted by Gasteiger charge is 2.26. The Bertz CT molecular complexity index is 5750. The molecule has 7 nitrogen and oxygen atoms in total. The van der Waals surface area contributed by atoms with Crippen molar-refractivity contribution in [2.24, 2.45) is 0 Å². The Morgan fingerprint density at radius 3 is 0.959 bits per heavy atom. The second-order valence-corrected chi connectivity index (χ2v) is 26.9. The molecule has 7 heteroatoms. The number of aromatic nitrogens is 7. The van der Waals surface area contributed by atoms with Crippen LogP contribution in [-0.2, 0) is 25.7 Å². The lowest BCUT2D eigenvalue weighted by molar-refractivity contribution is 0.780. The molecule has 0 aliphatic heterocycles. The summed E-state index contributed by atoms with van der Waals surface area (Å²) in [5.74, 6) is 2.04. The molecule has 0 radical (unpaired) electrons. The molecule has 0 saturated heterocycles. The number of rotatable bonds is 20. The molecule has 98 heavy (non-hydrogen) atoms. The van der Waals surface area contributed by atoms with Crippen LogP contribution in [-0.4, -0.2) is 33.2 Å². The summed E-state index contributed by atoms with van der Waals surface area (Å²) in [6.45, 7) is 9.14. The van der Waals surface area contributed by atoms with Gasteiger partial charge < -0.3 is 18.3 Å². The Hall–Kier alpha value is -11.2. The maximum absolute atomic E-state index is 5.70. The van der Waals surface area contributed by atoms with Crippen LogP contribution in [0, 0.1) is 0 Å². The largest absolute Gasteiger partial charge is 0.309 e. The minimum atomic E-state index is 0.641. The molecule has 0 atom stereocenters. The number of unbranched alkanes of at least 4 members (excludes halogenated alkanes) is 4. The summed E-state index contributed by atoms with van der Waals surface area (Å²) in [5.41, 5.74) is 24.0. The second kappa shape index (κ2) is 25.8. The monoisotopic (exact) mass is 1270 g/mol. The molecule has 0 N–H and O–H groups in total. The van der Waals surface area contributed by atoms with E-state index in [0.29, 0.717) is 17.5 Å². The van der Waals surface area contributed by atoms with Crippen LogP contribution in [0.25, 0.3) is 155 Å². The zero-order chi connectivity index (χ0) is 65.8. The Morgan fingerprint density at radius 2 is 0.561 bits per heavy atom. The van der Waals surface area contributed by atoms with Crippen LogP contribution >= 0.6 is 0 Å². The van der Waals surface area contributed by atoms with E-state index in [9.17, 15) is 0 Å². The lowest BCUT2D eigenvalue weighted by atomic mass is 9.97. The van der Waals surface area contributed by atoms with Crippen molar-refractivity contribution >= 4 is 87.2 Å². The lowest BCUT2D eigenvalue weighted by Crippen LogP contribution is -2.04. The molecule has 0 saturated carbocycles. The molecule has 17 rings (SSSR count). The molecular formula is C91H79N7. The number of hydrogen-bond donors (Lipinski definition) is 0. The molecule has 0 bridgehead atoms. The first kappa shape index (κ1) is 60.5. The Balaban J connectivity index is 0.965. The highest BCUT2D eigenvalue weighted by atomic mass is 15.1. The average Bonchev–Trinajstić information content (AvgIpc) is 1.54. The van der Waals surface area contributed by atoms with Crippen LogP contribution in [0.1, 0.15) is 101 Å². The van der Waals surface area contributed by atoms with E-state index in [1.165, 1.54) is 76.4 Å². The minimum absolute atomic E-state index is 0.641. The van der Waals surface area contributed by atoms with E-state index < -0.39 is 0 Å². The predicted octanol–water partition coefficient (Wildman–Crippen LogP) is 24.3. The van der Waals surface area contributed by atoms with Gasteiger partial charge in [0.2, 0.25) is 0 Å². The van der Waals surface area contributed by atoms with Crippen molar-refractivity contribution in [3.05, 3.63) is 283 Å². The molecule has 17 aromatic rings. The fourth-order valence-electron chi connectivity index (χ4n) is 15.7. The Morgan fingerprint density at radius 1 is 0.235 bits per heavy atom. The van der Waals surface area contributed by atoms with Gasteiger partial charge in [0.15, 0.2) is 17.5 Å². The first-order valence-corrected chi connectivity index (χ1v) is 35.7. The summed E-state index contributed by atoms with van der Waals surface area (Å²) in [4.78, 5) is 17.0. The fraction of sp³-hybridized carbons (Fsp3) is 0.176. The molecular weight excluding hydrogens is 1190 g/mol. The third-order valence-corrected chi connectivity index (χ3v) is 20.4. The van der Waals surface area contributed by atoms with Gasteiger partial charge in [0.25, 0.3) is 0 Å². The molecule has 0 aliphatic carbocycles. The quantitative estimate of drug-likeness (QED) is 0.0764. The van der Waals surface area contributed by atoms with Crippen LogP contribution in [0.2, 0.25) is 0 Å². The van der Waals surface area contributed by atoms with Gasteiger partial charge in [-0.15, -0.1) is 0 Å². The van der Waals surface area contributed by atoms with Crippen LogP contribution in [0.15, 0.2) is 261 Å². The van der Waals surface area contributed by atoms with Crippen LogP contribution in [0.5, 0.6) is 0 Å². The number of fused-ring (bicyclic) bond motifs is 12. The molecule has 0 aliphatic rings. The summed E-state index contributed by atoms with van der Waals surface area (Å²) in [6.07, 6.45) is 13.0. The molecule has 478 valence electrons. The van der Waals surface area contributed by atoms with Gasteiger partial charge in [-0.2, -0.15) is 0 Å². The zero-order valence-electron chi connectivity index (χ0n) is 56.4. The van der Waals surface area contributed by atoms with Gasteiger partial charge in [-0.1, -0.05) is 193 Å². The van der Waals surface area contributed by atoms with Crippen molar-refractivity contribution in [1.29, 1.82) is 0 Å². The number of nitrogens with zero attached hydrogens (tertiary/aromatic N) is 7. The smallest absolute Gasteiger partial charge is 0.164 e. The zero-order valence-corrected chi connectivity index (χ0v) is 56.4. The summed E-state index contributed by atoms with van der Waals surface area (Å²) < 4.78 is 9.94. The summed E-state index contributed by atoms with van der Waals surface area (Å²) in [6, 6.07) is 97.5. The van der Waals surface area contributed by atoms with Gasteiger partial charge in [0, 0.05) is 82.3 Å². The van der Waals surface area contributed by atoms with Gasteiger partial charge in [0.05, 0.1) is 55.5 Å². The van der Waals surface area contributed by atoms with E-state index in [2.05, 4.69) is 307 Å². The molecule has 12 aromatic carbocycles. The first-order valence-electron chi connectivity index (χ1n) is 35.7. The highest BCUT2D eigenvalue weighted by Crippen LogP contribution is 2.46. The van der Waals surface area contributed by atoms with Crippen molar-refractivity contribution in [1.82, 2.24) is 33.2 Å². The molecule has 0 spiro atoms. The fourth-order valence-corrected chi connectivity index (χ4v) is 15.7. The van der Waals surface area contributed by atoms with E-state index in [-0.39, 0.29) is 0 Å². The molecule has 0 fully saturated rings. The summed E-state index contributed by atoms with van der Waals surface area (Å²) >= 11 is 0. The van der Waals surface area contributed by atoms with Gasteiger partial charge in [-0.3, -0.25) is 0 Å². The third-order valence-electron chi connectivity index (χ3n) is 20.4. The lowest BCUT2D eigenvalue weighted by Gasteiger charge is -2.20. The Kier molecular flexibility index (Phi) is 15.9. The second-order valence-electron chi connectivity index (χ2n) is 26.9. The third kappa shape index (κ3) is 10.6. The standard InChI is InChI=1S/C91H79N7/c1-5-9-29-60-49-61(30-10-6-2)52-65(51-60)90-92-89(93-91(94-90)66-53-62(31-11-7-3)50-63(54-66)32-12-8-4)64-47-48-84(98-83-46-28-23-41-73(83)78-57-76-71-39-20-25-43-80(71)96(86(76)59-88(78)98)68-35-17-14-18-36-68)74(55-64)69-37-21-26-44-81(69)97-82-45-27-22-40-72(82)77-56-75-70-38-19-24-42-79(70)95(85(75)58-87(77)97)67-33-15-13-16-34-67/h13-28,33-59H,5-12,29-32H2,1-4H3. The number of benzene rings is 12. The van der Waals surface area contributed by atoms with E-state index in [0.717, 1.165) is 161 Å². The highest BCUT2D eigenvalue weighted by molar-refractivity contribution is 6.21. The maximum atomic E-state index is 5.70. The molecule has 5 heterocycles. The van der Waals surface area contributed by atoms with Gasteiger partial charge in [0.1, 0.15) is 0 Å². The van der Waals surface area contributed by atoms with E-state index in [4.69, 9.17) is 15.0 Å². The molecule has 0 unspecified atom stereocenters. The average molecular weight is 1270 g/mol. The van der Waals surface area contributed by atoms with E-state index >= 15 is 0 Å². The van der Waals surface area contributed by atoms with Gasteiger partial charge in [-0.25, -0.2) is 15.0 Å². The maximum Gasteiger partial charge on any atom is 0.164 e. The number of hydrogen-bond acceptors (Lipinski definition) is 3. The van der Waals surface area contributed by atoms with Gasteiger partial charge in [-0.05, 0) is 195 Å². The molecule has 5 aromatic heterocycles. The van der Waals surface area contributed by atoms with E-state index in [1.54, 1.807) is 0 Å². The van der Waals surface area contributed by atoms with Gasteiger partial charge >= 0.3 is 0 Å². The van der Waals surface area contributed by atoms with Crippen LogP contribution in [0.4, 0.5) is 0 Å². The minimum Gasteiger partial charge on any atom is -0.309 e. The summed E-state index contributed by atoms with van der Waals surface area (Å²) in [7, 11) is 0. The van der Waals surface area contributed by atoms with Crippen molar-refractivity contribution in [2.75, 3.05) is 0 Å². The van der Waals surface area contributed by atoms with Crippen molar-refractivity contribution in [3.63, 3.8) is 0 Å². The Labute approximate surface area is 573 Å². The van der Waals surface area contributed by atoms with E-state index in [1.807, 2.05) is 0 Å². The SMILES string of the molecule is CCCCc1cc(CCCC)cc(-c2nc(-c3cc(CCCC)cc(CCCC)c3)nc(-c3ccc(-n4c5ccccc5c5cc6c7ccccc7n(-c7ccccc7)c6cc54)c(-c4ccccc4-n4c5ccccc5c5cc6c7ccccc7n(-c7ccccc7)c6cc54)c3)n2)c1.